The van der Waals surface area contributed by atoms with Gasteiger partial charge in [-0.1, -0.05) is 23.7 Å². The molecule has 3 aromatic rings. The van der Waals surface area contributed by atoms with Gasteiger partial charge in [-0.2, -0.15) is 0 Å². The van der Waals surface area contributed by atoms with Crippen LogP contribution in [-0.4, -0.2) is 33.8 Å². The van der Waals surface area contributed by atoms with Crippen molar-refractivity contribution in [3.63, 3.8) is 0 Å². The van der Waals surface area contributed by atoms with E-state index in [1.807, 2.05) is 42.2 Å². The van der Waals surface area contributed by atoms with Crippen LogP contribution < -0.4 is 4.90 Å². The second-order valence-corrected chi connectivity index (χ2v) is 7.75. The second-order valence-electron chi connectivity index (χ2n) is 6.28. The third-order valence-electron chi connectivity index (χ3n) is 4.74. The topological polar surface area (TPSA) is 44.8 Å². The average molecular weight is 359 g/mol. The van der Waals surface area contributed by atoms with E-state index in [1.165, 1.54) is 17.7 Å². The Labute approximate surface area is 150 Å². The molecular formula is C18H19ClN4S. The van der Waals surface area contributed by atoms with Crippen LogP contribution in [-0.2, 0) is 0 Å². The van der Waals surface area contributed by atoms with E-state index >= 15 is 0 Å². The van der Waals surface area contributed by atoms with Gasteiger partial charge in [0.05, 0.1) is 10.4 Å². The molecule has 2 aromatic heterocycles. The van der Waals surface area contributed by atoms with Gasteiger partial charge in [-0.15, -0.1) is 11.8 Å². The number of nitrogens with one attached hydrogen (secondary N) is 1. The molecule has 1 saturated carbocycles. The molecule has 0 saturated heterocycles. The molecule has 0 spiro atoms. The van der Waals surface area contributed by atoms with Crippen molar-refractivity contribution in [1.82, 2.24) is 15.0 Å². The van der Waals surface area contributed by atoms with Gasteiger partial charge < -0.3 is 9.88 Å². The SMILES string of the molecule is CN(c1ncnc2[nH]ccc12)[C@H]1C[C@@H](CSc2ccccc2Cl)C1. The zero-order chi connectivity index (χ0) is 16.5. The molecule has 4 rings (SSSR count). The van der Waals surface area contributed by atoms with Crippen LogP contribution >= 0.6 is 23.4 Å². The van der Waals surface area contributed by atoms with Crippen molar-refractivity contribution < 1.29 is 0 Å². The van der Waals surface area contributed by atoms with Crippen molar-refractivity contribution in [2.24, 2.45) is 5.92 Å². The van der Waals surface area contributed by atoms with E-state index in [0.29, 0.717) is 6.04 Å². The molecule has 124 valence electrons. The number of fused-ring (bicyclic) bond motifs is 1. The Bertz CT molecular complexity index is 844. The van der Waals surface area contributed by atoms with Crippen LogP contribution in [0.5, 0.6) is 0 Å². The molecule has 1 aliphatic carbocycles. The molecule has 2 heterocycles. The summed E-state index contributed by atoms with van der Waals surface area (Å²) in [6.07, 6.45) is 5.95. The third-order valence-corrected chi connectivity index (χ3v) is 6.48. The molecule has 24 heavy (non-hydrogen) atoms. The number of hydrogen-bond acceptors (Lipinski definition) is 4. The van der Waals surface area contributed by atoms with Crippen molar-refractivity contribution in [1.29, 1.82) is 0 Å². The highest BCUT2D eigenvalue weighted by molar-refractivity contribution is 7.99. The number of aromatic amines is 1. The van der Waals surface area contributed by atoms with Crippen LogP contribution in [0.25, 0.3) is 11.0 Å². The molecule has 0 bridgehead atoms. The number of H-pyrrole nitrogens is 1. The van der Waals surface area contributed by atoms with Gasteiger partial charge in [0.1, 0.15) is 17.8 Å². The summed E-state index contributed by atoms with van der Waals surface area (Å²) in [4.78, 5) is 15.4. The standard InChI is InChI=1S/C18H19ClN4S/c1-23(18-14-6-7-20-17(14)21-11-22-18)13-8-12(9-13)10-24-16-5-3-2-4-15(16)19/h2-7,11-13H,8-10H2,1H3,(H,20,21,22)/t12-,13+. The lowest BCUT2D eigenvalue weighted by atomic mass is 9.81. The van der Waals surface area contributed by atoms with Gasteiger partial charge in [0.15, 0.2) is 0 Å². The summed E-state index contributed by atoms with van der Waals surface area (Å²) in [7, 11) is 2.14. The van der Waals surface area contributed by atoms with Crippen molar-refractivity contribution in [2.45, 2.75) is 23.8 Å². The zero-order valence-electron chi connectivity index (χ0n) is 13.4. The quantitative estimate of drug-likeness (QED) is 0.676. The maximum Gasteiger partial charge on any atom is 0.142 e. The molecule has 0 amide bonds. The molecule has 1 fully saturated rings. The minimum absolute atomic E-state index is 0.551. The first-order valence-electron chi connectivity index (χ1n) is 8.10. The van der Waals surface area contributed by atoms with Gasteiger partial charge in [-0.05, 0) is 37.0 Å². The van der Waals surface area contributed by atoms with E-state index in [4.69, 9.17) is 11.6 Å². The molecule has 4 nitrogen and oxygen atoms in total. The molecule has 0 unspecified atom stereocenters. The Balaban J connectivity index is 1.35. The maximum absolute atomic E-state index is 6.23. The van der Waals surface area contributed by atoms with Crippen LogP contribution in [0.2, 0.25) is 5.02 Å². The number of benzene rings is 1. The smallest absolute Gasteiger partial charge is 0.142 e. The Morgan fingerprint density at radius 2 is 2.08 bits per heavy atom. The minimum Gasteiger partial charge on any atom is -0.356 e. The van der Waals surface area contributed by atoms with Crippen LogP contribution in [0.1, 0.15) is 12.8 Å². The van der Waals surface area contributed by atoms with E-state index in [-0.39, 0.29) is 0 Å². The monoisotopic (exact) mass is 358 g/mol. The predicted molar refractivity (Wildman–Crippen MR) is 101 cm³/mol. The van der Waals surface area contributed by atoms with Gasteiger partial charge in [0, 0.05) is 29.9 Å². The molecule has 0 atom stereocenters. The summed E-state index contributed by atoms with van der Waals surface area (Å²) >= 11 is 8.09. The average Bonchev–Trinajstić information content (AvgIpc) is 3.03. The minimum atomic E-state index is 0.551. The summed E-state index contributed by atoms with van der Waals surface area (Å²) in [6, 6.07) is 10.7. The largest absolute Gasteiger partial charge is 0.356 e. The lowest BCUT2D eigenvalue weighted by Gasteiger charge is -2.41. The summed E-state index contributed by atoms with van der Waals surface area (Å²) in [5.41, 5.74) is 0.900. The van der Waals surface area contributed by atoms with E-state index in [0.717, 1.165) is 33.5 Å². The lowest BCUT2D eigenvalue weighted by molar-refractivity contribution is 0.286. The molecule has 0 radical (unpaired) electrons. The van der Waals surface area contributed by atoms with Gasteiger partial charge in [-0.25, -0.2) is 9.97 Å². The lowest BCUT2D eigenvalue weighted by Crippen LogP contribution is -2.43. The van der Waals surface area contributed by atoms with E-state index < -0.39 is 0 Å². The molecule has 0 aliphatic heterocycles. The first-order chi connectivity index (χ1) is 11.7. The summed E-state index contributed by atoms with van der Waals surface area (Å²) in [6.45, 7) is 0. The number of aromatic nitrogens is 3. The van der Waals surface area contributed by atoms with E-state index in [2.05, 4.69) is 33.0 Å². The Kier molecular flexibility index (Phi) is 4.37. The molecule has 1 N–H and O–H groups in total. The van der Waals surface area contributed by atoms with Gasteiger partial charge in [-0.3, -0.25) is 0 Å². The summed E-state index contributed by atoms with van der Waals surface area (Å²) < 4.78 is 0. The first kappa shape index (κ1) is 15.8. The highest BCUT2D eigenvalue weighted by Crippen LogP contribution is 2.39. The maximum atomic E-state index is 6.23. The number of anilines is 1. The number of rotatable bonds is 5. The van der Waals surface area contributed by atoms with Crippen LogP contribution in [0.4, 0.5) is 5.82 Å². The summed E-state index contributed by atoms with van der Waals surface area (Å²) in [5.74, 6) is 2.88. The van der Waals surface area contributed by atoms with Gasteiger partial charge in [0.2, 0.25) is 0 Å². The van der Waals surface area contributed by atoms with Crippen molar-refractivity contribution in [3.05, 3.63) is 47.9 Å². The molecule has 1 aromatic carbocycles. The molecule has 6 heteroatoms. The van der Waals surface area contributed by atoms with Crippen LogP contribution in [0.3, 0.4) is 0 Å². The Morgan fingerprint density at radius 1 is 1.25 bits per heavy atom. The number of hydrogen-bond donors (Lipinski definition) is 1. The Morgan fingerprint density at radius 3 is 2.92 bits per heavy atom. The van der Waals surface area contributed by atoms with Crippen LogP contribution in [0, 0.1) is 5.92 Å². The third kappa shape index (κ3) is 2.98. The highest BCUT2D eigenvalue weighted by atomic mass is 35.5. The van der Waals surface area contributed by atoms with E-state index in [9.17, 15) is 0 Å². The first-order valence-corrected chi connectivity index (χ1v) is 9.47. The fraction of sp³-hybridized carbons (Fsp3) is 0.333. The number of halogens is 1. The van der Waals surface area contributed by atoms with Crippen molar-refractivity contribution >= 4 is 40.2 Å². The fourth-order valence-corrected chi connectivity index (χ4v) is 4.60. The zero-order valence-corrected chi connectivity index (χ0v) is 15.0. The van der Waals surface area contributed by atoms with Crippen molar-refractivity contribution in [2.75, 3.05) is 17.7 Å². The summed E-state index contributed by atoms with van der Waals surface area (Å²) in [5, 5.41) is 1.94. The van der Waals surface area contributed by atoms with Crippen molar-refractivity contribution in [3.8, 4) is 0 Å². The Hall–Kier alpha value is -1.72. The molecular weight excluding hydrogens is 340 g/mol. The number of nitrogens with zero attached hydrogens (tertiary/aromatic N) is 3. The van der Waals surface area contributed by atoms with E-state index in [1.54, 1.807) is 6.33 Å². The van der Waals surface area contributed by atoms with Gasteiger partial charge in [0.25, 0.3) is 0 Å². The highest BCUT2D eigenvalue weighted by Gasteiger charge is 2.33. The predicted octanol–water partition coefficient (Wildman–Crippen LogP) is 4.62. The normalized spacial score (nSPS) is 20.1. The molecule has 1 aliphatic rings. The van der Waals surface area contributed by atoms with Gasteiger partial charge >= 0.3 is 0 Å². The fourth-order valence-electron chi connectivity index (χ4n) is 3.23. The second kappa shape index (κ2) is 6.65. The van der Waals surface area contributed by atoms with Crippen LogP contribution in [0.15, 0.2) is 47.8 Å². The number of thioether (sulfide) groups is 1.